The molecule has 1 aliphatic heterocycles. The van der Waals surface area contributed by atoms with E-state index < -0.39 is 23.8 Å². The van der Waals surface area contributed by atoms with Crippen LogP contribution in [0.1, 0.15) is 58.3 Å². The van der Waals surface area contributed by atoms with Crippen LogP contribution in [0.25, 0.3) is 0 Å². The molecule has 0 aromatic carbocycles. The molecular formula is C17H29N4O3+. The van der Waals surface area contributed by atoms with Gasteiger partial charge in [0.05, 0.1) is 0 Å². The van der Waals surface area contributed by atoms with E-state index >= 15 is 0 Å². The van der Waals surface area contributed by atoms with Crippen molar-refractivity contribution in [2.24, 2.45) is 10.9 Å². The van der Waals surface area contributed by atoms with Crippen LogP contribution in [0.15, 0.2) is 4.99 Å². The summed E-state index contributed by atoms with van der Waals surface area (Å²) >= 11 is 0. The van der Waals surface area contributed by atoms with Gasteiger partial charge >= 0.3 is 6.03 Å². The van der Waals surface area contributed by atoms with Gasteiger partial charge in [-0.3, -0.25) is 24.8 Å². The first kappa shape index (κ1) is 18.6. The topological polar surface area (TPSA) is 106 Å². The van der Waals surface area contributed by atoms with Crippen molar-refractivity contribution in [2.75, 3.05) is 6.54 Å². The molecule has 2 rings (SSSR count). The Labute approximate surface area is 143 Å². The van der Waals surface area contributed by atoms with Crippen molar-refractivity contribution < 1.29 is 20.1 Å². The smallest absolute Gasteiger partial charge is 0.330 e. The van der Waals surface area contributed by atoms with Crippen LogP contribution in [0.4, 0.5) is 4.79 Å². The van der Waals surface area contributed by atoms with Crippen molar-refractivity contribution in [2.45, 2.75) is 70.4 Å². The zero-order valence-corrected chi connectivity index (χ0v) is 14.5. The van der Waals surface area contributed by atoms with Gasteiger partial charge in [-0.15, -0.1) is 0 Å². The summed E-state index contributed by atoms with van der Waals surface area (Å²) in [6, 6.07) is -0.322. The van der Waals surface area contributed by atoms with E-state index in [1.165, 1.54) is 6.21 Å². The number of nitrogens with zero attached hydrogens (tertiary/aromatic N) is 2. The van der Waals surface area contributed by atoms with Crippen molar-refractivity contribution in [3.05, 3.63) is 0 Å². The Morgan fingerprint density at radius 2 is 1.96 bits per heavy atom. The Balaban J connectivity index is 1.98. The van der Waals surface area contributed by atoms with E-state index in [4.69, 9.17) is 0 Å². The normalized spacial score (nSPS) is 28.5. The highest BCUT2D eigenvalue weighted by Crippen LogP contribution is 2.19. The van der Waals surface area contributed by atoms with Gasteiger partial charge in [-0.2, -0.15) is 0 Å². The van der Waals surface area contributed by atoms with Crippen molar-refractivity contribution in [1.29, 1.82) is 0 Å². The third-order valence-corrected chi connectivity index (χ3v) is 4.82. The molecule has 7 heteroatoms. The lowest BCUT2D eigenvalue weighted by atomic mass is 9.91. The number of barbiturate groups is 1. The quantitative estimate of drug-likeness (QED) is 0.409. The van der Waals surface area contributed by atoms with Crippen LogP contribution in [0.5, 0.6) is 0 Å². The van der Waals surface area contributed by atoms with Crippen LogP contribution in [-0.2, 0) is 9.59 Å². The minimum absolute atomic E-state index is 0.0648. The second-order valence-electron chi connectivity index (χ2n) is 6.73. The van der Waals surface area contributed by atoms with Crippen molar-refractivity contribution >= 4 is 24.1 Å². The molecule has 24 heavy (non-hydrogen) atoms. The number of quaternary nitrogens is 1. The fraction of sp³-hybridized carbons (Fsp3) is 0.765. The number of carbonyl (C=O) groups excluding carboxylic acids is 3. The highest BCUT2D eigenvalue weighted by molar-refractivity contribution is 6.23. The zero-order chi connectivity index (χ0) is 17.5. The van der Waals surface area contributed by atoms with Crippen LogP contribution in [0.2, 0.25) is 0 Å². The standard InChI is InChI=1S/C17H28N4O3/c1-2-3-4-7-10-21-16(23)12(15(22)20-17(21)24)11-19-14-9-6-5-8-13(14)18/h11-14H,2-10,18H2,1H3,(H,20,22,24)/p+1/t12-,13-,14+/m1/s1. The highest BCUT2D eigenvalue weighted by Gasteiger charge is 2.39. The number of unbranched alkanes of at least 4 members (excludes halogenated alkanes) is 3. The van der Waals surface area contributed by atoms with E-state index in [1.54, 1.807) is 0 Å². The van der Waals surface area contributed by atoms with Gasteiger partial charge in [0.25, 0.3) is 0 Å². The fourth-order valence-electron chi connectivity index (χ4n) is 3.25. The molecule has 0 aromatic rings. The Kier molecular flexibility index (Phi) is 6.90. The minimum Gasteiger partial charge on any atom is -0.353 e. The monoisotopic (exact) mass is 337 g/mol. The number of aliphatic imine (C=N–C) groups is 1. The van der Waals surface area contributed by atoms with Crippen molar-refractivity contribution in [1.82, 2.24) is 10.2 Å². The molecule has 1 saturated heterocycles. The third kappa shape index (κ3) is 4.63. The Bertz CT molecular complexity index is 506. The molecule has 3 atom stereocenters. The van der Waals surface area contributed by atoms with Crippen LogP contribution in [-0.4, -0.2) is 47.6 Å². The van der Waals surface area contributed by atoms with Gasteiger partial charge in [-0.25, -0.2) is 4.79 Å². The summed E-state index contributed by atoms with van der Waals surface area (Å²) in [5.41, 5.74) is 4.10. The first-order chi connectivity index (χ1) is 11.5. The molecular weight excluding hydrogens is 308 g/mol. The molecule has 7 nitrogen and oxygen atoms in total. The summed E-state index contributed by atoms with van der Waals surface area (Å²) in [6.45, 7) is 2.45. The first-order valence-corrected chi connectivity index (χ1v) is 9.07. The molecule has 1 saturated carbocycles. The summed E-state index contributed by atoms with van der Waals surface area (Å²) in [5, 5.41) is 2.27. The van der Waals surface area contributed by atoms with E-state index in [0.29, 0.717) is 6.54 Å². The molecule has 0 unspecified atom stereocenters. The van der Waals surface area contributed by atoms with E-state index in [-0.39, 0.29) is 12.1 Å². The zero-order valence-electron chi connectivity index (χ0n) is 14.5. The summed E-state index contributed by atoms with van der Waals surface area (Å²) in [6.07, 6.45) is 9.52. The molecule has 134 valence electrons. The fourth-order valence-corrected chi connectivity index (χ4v) is 3.25. The molecule has 4 amide bonds. The molecule has 0 bridgehead atoms. The lowest BCUT2D eigenvalue weighted by molar-refractivity contribution is -0.428. The summed E-state index contributed by atoms with van der Waals surface area (Å²) in [7, 11) is 0. The van der Waals surface area contributed by atoms with Gasteiger partial charge in [0.1, 0.15) is 12.1 Å². The van der Waals surface area contributed by atoms with Crippen LogP contribution < -0.4 is 11.1 Å². The lowest BCUT2D eigenvalue weighted by Gasteiger charge is -2.29. The van der Waals surface area contributed by atoms with Gasteiger partial charge in [0, 0.05) is 19.2 Å². The van der Waals surface area contributed by atoms with Crippen LogP contribution in [0, 0.1) is 5.92 Å². The Hall–Kier alpha value is -1.76. The molecule has 0 spiro atoms. The van der Waals surface area contributed by atoms with E-state index in [1.807, 2.05) is 0 Å². The van der Waals surface area contributed by atoms with Gasteiger partial charge in [-0.1, -0.05) is 32.6 Å². The molecule has 0 radical (unpaired) electrons. The number of hydrogen-bond acceptors (Lipinski definition) is 4. The van der Waals surface area contributed by atoms with E-state index in [9.17, 15) is 14.4 Å². The summed E-state index contributed by atoms with van der Waals surface area (Å²) < 4.78 is 0. The number of amides is 4. The maximum absolute atomic E-state index is 12.5. The van der Waals surface area contributed by atoms with Gasteiger partial charge < -0.3 is 5.73 Å². The predicted octanol–water partition coefficient (Wildman–Crippen LogP) is 0.885. The largest absolute Gasteiger partial charge is 0.353 e. The number of hydrogen-bond donors (Lipinski definition) is 2. The van der Waals surface area contributed by atoms with Crippen LogP contribution >= 0.6 is 0 Å². The van der Waals surface area contributed by atoms with E-state index in [0.717, 1.165) is 56.3 Å². The maximum atomic E-state index is 12.5. The summed E-state index contributed by atoms with van der Waals surface area (Å²) in [5.74, 6) is -2.03. The maximum Gasteiger partial charge on any atom is 0.330 e. The lowest BCUT2D eigenvalue weighted by Crippen LogP contribution is -2.66. The number of imide groups is 2. The molecule has 0 aromatic heterocycles. The van der Waals surface area contributed by atoms with Crippen molar-refractivity contribution in [3.8, 4) is 0 Å². The second kappa shape index (κ2) is 8.92. The van der Waals surface area contributed by atoms with Gasteiger partial charge in [-0.05, 0) is 19.3 Å². The molecule has 2 aliphatic rings. The predicted molar refractivity (Wildman–Crippen MR) is 90.3 cm³/mol. The number of nitrogens with one attached hydrogen (secondary N) is 1. The Morgan fingerprint density at radius 3 is 2.67 bits per heavy atom. The average molecular weight is 337 g/mol. The van der Waals surface area contributed by atoms with Crippen LogP contribution in [0.3, 0.4) is 0 Å². The van der Waals surface area contributed by atoms with E-state index in [2.05, 4.69) is 23.0 Å². The van der Waals surface area contributed by atoms with Gasteiger partial charge in [0.2, 0.25) is 11.8 Å². The number of carbonyl (C=O) groups is 3. The van der Waals surface area contributed by atoms with Gasteiger partial charge in [0.15, 0.2) is 5.92 Å². The third-order valence-electron chi connectivity index (χ3n) is 4.82. The van der Waals surface area contributed by atoms with Crippen molar-refractivity contribution in [3.63, 3.8) is 0 Å². The minimum atomic E-state index is -0.997. The molecule has 1 aliphatic carbocycles. The molecule has 2 fully saturated rings. The average Bonchev–Trinajstić information content (AvgIpc) is 2.55. The highest BCUT2D eigenvalue weighted by atomic mass is 16.2. The molecule has 1 heterocycles. The number of urea groups is 1. The SMILES string of the molecule is CCCCCCN1C(=O)NC(=O)[C@@H](C=N[C@H]2CCCC[C@H]2[NH3+])C1=O. The second-order valence-corrected chi connectivity index (χ2v) is 6.73. The summed E-state index contributed by atoms with van der Waals surface area (Å²) in [4.78, 5) is 42.0. The Morgan fingerprint density at radius 1 is 1.21 bits per heavy atom. The number of rotatable bonds is 7. The molecule has 4 N–H and O–H groups in total. The first-order valence-electron chi connectivity index (χ1n) is 9.07.